The number of fused-ring (bicyclic) bond motifs is 1. The fraction of sp³-hybridized carbons (Fsp3) is 0.238. The molecule has 0 bridgehead atoms. The average Bonchev–Trinajstić information content (AvgIpc) is 2.73. The molecule has 2 aromatic carbocycles. The quantitative estimate of drug-likeness (QED) is 0.598. The average molecular weight is 416 g/mol. The van der Waals surface area contributed by atoms with Gasteiger partial charge in [0.1, 0.15) is 11.8 Å². The van der Waals surface area contributed by atoms with Crippen LogP contribution >= 0.6 is 12.4 Å². The minimum absolute atomic E-state index is 0. The molecule has 0 aliphatic heterocycles. The summed E-state index contributed by atoms with van der Waals surface area (Å²) in [6.45, 7) is 2.47. The normalized spacial score (nSPS) is 9.90. The van der Waals surface area contributed by atoms with Crippen molar-refractivity contribution < 1.29 is 18.9 Å². The monoisotopic (exact) mass is 415 g/mol. The van der Waals surface area contributed by atoms with E-state index < -0.39 is 0 Å². The van der Waals surface area contributed by atoms with Gasteiger partial charge in [-0.3, -0.25) is 4.98 Å². The highest BCUT2D eigenvalue weighted by molar-refractivity contribution is 5.96. The fourth-order valence-electron chi connectivity index (χ4n) is 2.95. The van der Waals surface area contributed by atoms with Gasteiger partial charge < -0.3 is 24.3 Å². The summed E-state index contributed by atoms with van der Waals surface area (Å²) < 4.78 is 21.8. The molecule has 3 aromatic rings. The van der Waals surface area contributed by atoms with Gasteiger partial charge in [-0.1, -0.05) is 0 Å². The molecule has 0 unspecified atom stereocenters. The van der Waals surface area contributed by atoms with Gasteiger partial charge >= 0.3 is 0 Å². The molecular formula is C21H22ClN3O4. The van der Waals surface area contributed by atoms with E-state index in [1.54, 1.807) is 39.7 Å². The maximum absolute atomic E-state index is 9.58. The van der Waals surface area contributed by atoms with Crippen molar-refractivity contribution in [1.29, 1.82) is 5.26 Å². The highest BCUT2D eigenvalue weighted by atomic mass is 35.5. The van der Waals surface area contributed by atoms with Gasteiger partial charge in [-0.15, -0.1) is 12.4 Å². The Hall–Kier alpha value is -3.37. The first-order valence-corrected chi connectivity index (χ1v) is 8.67. The lowest BCUT2D eigenvalue weighted by Crippen LogP contribution is -2.00. The molecular weight excluding hydrogens is 394 g/mol. The number of ether oxygens (including phenoxy) is 4. The topological polar surface area (TPSA) is 85.6 Å². The fourth-order valence-corrected chi connectivity index (χ4v) is 2.95. The Morgan fingerprint density at radius 2 is 1.72 bits per heavy atom. The summed E-state index contributed by atoms with van der Waals surface area (Å²) in [5, 5.41) is 13.7. The number of methoxy groups -OCH3 is 3. The minimum Gasteiger partial charge on any atom is -0.494 e. The van der Waals surface area contributed by atoms with Crippen molar-refractivity contribution in [3.05, 3.63) is 42.1 Å². The highest BCUT2D eigenvalue weighted by Crippen LogP contribution is 2.41. The van der Waals surface area contributed by atoms with Crippen LogP contribution in [0.4, 0.5) is 11.4 Å². The molecule has 1 N–H and O–H groups in total. The molecule has 0 saturated heterocycles. The molecule has 3 rings (SSSR count). The van der Waals surface area contributed by atoms with Gasteiger partial charge in [0.25, 0.3) is 0 Å². The molecule has 1 aromatic heterocycles. The molecule has 8 heteroatoms. The number of benzene rings is 2. The summed E-state index contributed by atoms with van der Waals surface area (Å²) in [5.41, 5.74) is 2.47. The minimum atomic E-state index is 0. The Labute approximate surface area is 175 Å². The molecule has 0 radical (unpaired) electrons. The van der Waals surface area contributed by atoms with E-state index in [1.165, 1.54) is 0 Å². The van der Waals surface area contributed by atoms with Crippen molar-refractivity contribution in [2.45, 2.75) is 6.92 Å². The van der Waals surface area contributed by atoms with Crippen LogP contribution < -0.4 is 24.3 Å². The Kier molecular flexibility index (Phi) is 7.34. The van der Waals surface area contributed by atoms with E-state index >= 15 is 0 Å². The van der Waals surface area contributed by atoms with E-state index in [1.807, 2.05) is 25.1 Å². The number of anilines is 2. The number of hydrogen-bond donors (Lipinski definition) is 1. The molecule has 0 spiro atoms. The first-order chi connectivity index (χ1) is 13.6. The number of pyridine rings is 1. The van der Waals surface area contributed by atoms with Crippen LogP contribution in [-0.4, -0.2) is 32.9 Å². The van der Waals surface area contributed by atoms with Gasteiger partial charge in [-0.05, 0) is 25.1 Å². The van der Waals surface area contributed by atoms with Gasteiger partial charge in [0.15, 0.2) is 11.5 Å². The Bertz CT molecular complexity index is 1030. The van der Waals surface area contributed by atoms with Crippen LogP contribution in [0, 0.1) is 11.3 Å². The Balaban J connectivity index is 0.00000300. The van der Waals surface area contributed by atoms with Gasteiger partial charge in [0.05, 0.1) is 44.7 Å². The summed E-state index contributed by atoms with van der Waals surface area (Å²) in [5.74, 6) is 2.22. The third-order valence-corrected chi connectivity index (χ3v) is 4.20. The van der Waals surface area contributed by atoms with Gasteiger partial charge in [-0.2, -0.15) is 5.26 Å². The number of hydrogen-bond acceptors (Lipinski definition) is 7. The summed E-state index contributed by atoms with van der Waals surface area (Å²) >= 11 is 0. The summed E-state index contributed by atoms with van der Waals surface area (Å²) in [7, 11) is 4.66. The van der Waals surface area contributed by atoms with Crippen LogP contribution in [0.1, 0.15) is 12.5 Å². The zero-order valence-corrected chi connectivity index (χ0v) is 17.4. The number of nitriles is 1. The SMILES string of the molecule is CCOc1ccc2ncc(C#N)c(Nc3cc(OC)c(OC)c(OC)c3)c2c1.Cl. The lowest BCUT2D eigenvalue weighted by molar-refractivity contribution is 0.324. The Morgan fingerprint density at radius 1 is 1.03 bits per heavy atom. The smallest absolute Gasteiger partial charge is 0.203 e. The first-order valence-electron chi connectivity index (χ1n) is 8.67. The second-order valence-corrected chi connectivity index (χ2v) is 5.81. The predicted octanol–water partition coefficient (Wildman–Crippen LogP) is 4.70. The van der Waals surface area contributed by atoms with Crippen LogP contribution in [0.3, 0.4) is 0 Å². The van der Waals surface area contributed by atoms with E-state index in [-0.39, 0.29) is 12.4 Å². The maximum Gasteiger partial charge on any atom is 0.203 e. The molecule has 0 aliphatic rings. The number of halogens is 1. The van der Waals surface area contributed by atoms with Crippen molar-refractivity contribution in [2.24, 2.45) is 0 Å². The molecule has 29 heavy (non-hydrogen) atoms. The molecule has 1 heterocycles. The number of rotatable bonds is 7. The largest absolute Gasteiger partial charge is 0.494 e. The first kappa shape index (κ1) is 21.9. The zero-order valence-electron chi connectivity index (χ0n) is 16.6. The van der Waals surface area contributed by atoms with Gasteiger partial charge in [0, 0.05) is 29.4 Å². The molecule has 0 amide bonds. The molecule has 152 valence electrons. The van der Waals surface area contributed by atoms with E-state index in [4.69, 9.17) is 18.9 Å². The second-order valence-electron chi connectivity index (χ2n) is 5.81. The number of nitrogens with one attached hydrogen (secondary N) is 1. The lowest BCUT2D eigenvalue weighted by atomic mass is 10.1. The van der Waals surface area contributed by atoms with E-state index in [0.29, 0.717) is 46.5 Å². The zero-order chi connectivity index (χ0) is 20.1. The van der Waals surface area contributed by atoms with E-state index in [0.717, 1.165) is 10.9 Å². The van der Waals surface area contributed by atoms with Crippen molar-refractivity contribution in [1.82, 2.24) is 4.98 Å². The summed E-state index contributed by atoms with van der Waals surface area (Å²) in [6, 6.07) is 11.3. The van der Waals surface area contributed by atoms with Crippen LogP contribution in [0.15, 0.2) is 36.5 Å². The van der Waals surface area contributed by atoms with Crippen molar-refractivity contribution in [2.75, 3.05) is 33.3 Å². The maximum atomic E-state index is 9.58. The standard InChI is InChI=1S/C21H21N3O4.ClH/c1-5-28-15-6-7-17-16(10-15)20(13(11-22)12-23-17)24-14-8-18(25-2)21(27-4)19(9-14)26-3;/h6-10,12H,5H2,1-4H3,(H,23,24);1H. The molecule has 0 saturated carbocycles. The third kappa shape index (κ3) is 4.39. The van der Waals surface area contributed by atoms with Crippen molar-refractivity contribution in [3.63, 3.8) is 0 Å². The van der Waals surface area contributed by atoms with Crippen molar-refractivity contribution in [3.8, 4) is 29.1 Å². The van der Waals surface area contributed by atoms with Crippen LogP contribution in [0.25, 0.3) is 10.9 Å². The molecule has 7 nitrogen and oxygen atoms in total. The van der Waals surface area contributed by atoms with E-state index in [9.17, 15) is 5.26 Å². The van der Waals surface area contributed by atoms with Gasteiger partial charge in [0.2, 0.25) is 5.75 Å². The summed E-state index contributed by atoms with van der Waals surface area (Å²) in [6.07, 6.45) is 1.54. The highest BCUT2D eigenvalue weighted by Gasteiger charge is 2.16. The predicted molar refractivity (Wildman–Crippen MR) is 114 cm³/mol. The molecule has 0 atom stereocenters. The van der Waals surface area contributed by atoms with Crippen LogP contribution in [-0.2, 0) is 0 Å². The third-order valence-electron chi connectivity index (χ3n) is 4.20. The summed E-state index contributed by atoms with van der Waals surface area (Å²) in [4.78, 5) is 4.36. The number of aromatic nitrogens is 1. The Morgan fingerprint density at radius 3 is 2.28 bits per heavy atom. The second kappa shape index (κ2) is 9.71. The number of nitrogens with zero attached hydrogens (tertiary/aromatic N) is 2. The molecule has 0 fully saturated rings. The van der Waals surface area contributed by atoms with E-state index in [2.05, 4.69) is 16.4 Å². The molecule has 0 aliphatic carbocycles. The van der Waals surface area contributed by atoms with Crippen LogP contribution in [0.5, 0.6) is 23.0 Å². The van der Waals surface area contributed by atoms with Crippen molar-refractivity contribution >= 4 is 34.7 Å². The lowest BCUT2D eigenvalue weighted by Gasteiger charge is -2.17. The van der Waals surface area contributed by atoms with Gasteiger partial charge in [-0.25, -0.2) is 0 Å². The van der Waals surface area contributed by atoms with Crippen LogP contribution in [0.2, 0.25) is 0 Å².